The van der Waals surface area contributed by atoms with E-state index in [4.69, 9.17) is 27.6 Å². The Morgan fingerprint density at radius 3 is 1.11 bits per heavy atom. The van der Waals surface area contributed by atoms with Gasteiger partial charge < -0.3 is 27.6 Å². The highest BCUT2D eigenvalue weighted by molar-refractivity contribution is 7.55. The minimum atomic E-state index is -3.78. The average Bonchev–Trinajstić information content (AvgIpc) is 2.85. The molecule has 0 spiro atoms. The van der Waals surface area contributed by atoms with Crippen LogP contribution in [0.4, 0.5) is 0 Å². The fraction of sp³-hybridized carbons (Fsp3) is 0.500. The van der Waals surface area contributed by atoms with Gasteiger partial charge in [-0.05, 0) is 63.1 Å². The minimum Gasteiger partial charge on any atom is -0.497 e. The van der Waals surface area contributed by atoms with E-state index < -0.39 is 26.8 Å². The molecule has 9 nitrogen and oxygen atoms in total. The first-order chi connectivity index (χ1) is 16.8. The maximum atomic E-state index is 14.0. The summed E-state index contributed by atoms with van der Waals surface area (Å²) in [5, 5.41) is 3.27. The van der Waals surface area contributed by atoms with Crippen molar-refractivity contribution in [1.82, 2.24) is 5.32 Å². The molecule has 0 unspecified atom stereocenters. The van der Waals surface area contributed by atoms with Gasteiger partial charge in [0.25, 0.3) is 0 Å². The summed E-state index contributed by atoms with van der Waals surface area (Å²) in [6.45, 7) is 7.60. The molecule has 0 saturated carbocycles. The van der Waals surface area contributed by atoms with Crippen LogP contribution in [-0.4, -0.2) is 40.6 Å². The Hall–Kier alpha value is -1.70. The highest BCUT2D eigenvalue weighted by atomic mass is 31.2. The highest BCUT2D eigenvalue weighted by Gasteiger charge is 2.44. The lowest BCUT2D eigenvalue weighted by atomic mass is 10.2. The topological polar surface area (TPSA) is 102 Å². The highest BCUT2D eigenvalue weighted by Crippen LogP contribution is 2.65. The molecule has 35 heavy (non-hydrogen) atoms. The van der Waals surface area contributed by atoms with Gasteiger partial charge in [-0.25, -0.2) is 0 Å². The molecule has 0 amide bonds. The smallest absolute Gasteiger partial charge is 0.351 e. The van der Waals surface area contributed by atoms with E-state index >= 15 is 0 Å². The van der Waals surface area contributed by atoms with Gasteiger partial charge in [0.15, 0.2) is 0 Å². The number of methoxy groups -OCH3 is 2. The summed E-state index contributed by atoms with van der Waals surface area (Å²) >= 11 is 0. The maximum Gasteiger partial charge on any atom is 0.351 e. The first kappa shape index (κ1) is 29.5. The minimum absolute atomic E-state index is 0.160. The van der Waals surface area contributed by atoms with Crippen LogP contribution in [-0.2, 0) is 27.2 Å². The standard InChI is InChI=1S/C24H37NO8P2/c1-7-30-34(26,31-8-2)23(19-11-15-21(28-5)16-12-19)25-24(35(27,32-9-3)33-10-4)20-13-17-22(29-6)18-14-20/h11-18,23-25H,7-10H2,1-6H3/t23-,24-/m1/s1. The summed E-state index contributed by atoms with van der Waals surface area (Å²) in [5.41, 5.74) is 1.21. The van der Waals surface area contributed by atoms with Gasteiger partial charge in [-0.3, -0.25) is 14.4 Å². The number of hydrogen-bond donors (Lipinski definition) is 1. The Morgan fingerprint density at radius 2 is 0.886 bits per heavy atom. The molecule has 1 N–H and O–H groups in total. The van der Waals surface area contributed by atoms with Crippen molar-refractivity contribution in [3.05, 3.63) is 59.7 Å². The van der Waals surface area contributed by atoms with E-state index in [0.29, 0.717) is 22.6 Å². The summed E-state index contributed by atoms with van der Waals surface area (Å²) in [7, 11) is -4.43. The fourth-order valence-corrected chi connectivity index (χ4v) is 7.59. The van der Waals surface area contributed by atoms with Crippen molar-refractivity contribution in [3.8, 4) is 11.5 Å². The third-order valence-corrected chi connectivity index (χ3v) is 9.68. The van der Waals surface area contributed by atoms with E-state index in [0.717, 1.165) is 0 Å². The van der Waals surface area contributed by atoms with Gasteiger partial charge in [0.05, 0.1) is 40.6 Å². The molecule has 0 fully saturated rings. The summed E-state index contributed by atoms with van der Waals surface area (Å²) in [6.07, 6.45) is 0. The summed E-state index contributed by atoms with van der Waals surface area (Å²) in [5.74, 6) is -0.684. The van der Waals surface area contributed by atoms with Gasteiger partial charge in [0.2, 0.25) is 0 Å². The largest absolute Gasteiger partial charge is 0.497 e. The van der Waals surface area contributed by atoms with E-state index in [1.807, 2.05) is 0 Å². The van der Waals surface area contributed by atoms with Crippen molar-refractivity contribution in [2.24, 2.45) is 0 Å². The molecule has 2 rings (SSSR count). The molecule has 0 aliphatic heterocycles. The average molecular weight is 530 g/mol. The summed E-state index contributed by atoms with van der Waals surface area (Å²) < 4.78 is 61.4. The normalized spacial score (nSPS) is 13.9. The number of ether oxygens (including phenoxy) is 2. The van der Waals surface area contributed by atoms with Gasteiger partial charge in [-0.15, -0.1) is 0 Å². The fourth-order valence-electron chi connectivity index (χ4n) is 3.55. The molecule has 2 atom stereocenters. The number of benzene rings is 2. The molecule has 0 aliphatic carbocycles. The van der Waals surface area contributed by atoms with Gasteiger partial charge in [0, 0.05) is 0 Å². The van der Waals surface area contributed by atoms with Crippen LogP contribution in [0.5, 0.6) is 11.5 Å². The summed E-state index contributed by atoms with van der Waals surface area (Å²) in [6, 6.07) is 14.0. The summed E-state index contributed by atoms with van der Waals surface area (Å²) in [4.78, 5) is 0. The second-order valence-corrected chi connectivity index (χ2v) is 11.5. The maximum absolute atomic E-state index is 14.0. The number of rotatable bonds is 16. The predicted octanol–water partition coefficient (Wildman–Crippen LogP) is 6.52. The molecular formula is C24H37NO8P2. The van der Waals surface area contributed by atoms with Crippen LogP contribution in [0.25, 0.3) is 0 Å². The zero-order valence-electron chi connectivity index (χ0n) is 21.3. The molecule has 0 aliphatic rings. The molecule has 0 heterocycles. The van der Waals surface area contributed by atoms with Crippen LogP contribution in [0.15, 0.2) is 48.5 Å². The van der Waals surface area contributed by atoms with E-state index in [-0.39, 0.29) is 26.4 Å². The monoisotopic (exact) mass is 529 g/mol. The Bertz CT molecular complexity index is 885. The van der Waals surface area contributed by atoms with Crippen LogP contribution in [0.2, 0.25) is 0 Å². The van der Waals surface area contributed by atoms with E-state index in [1.165, 1.54) is 0 Å². The third kappa shape index (κ3) is 7.64. The van der Waals surface area contributed by atoms with Crippen LogP contribution >= 0.6 is 15.2 Å². The lowest BCUT2D eigenvalue weighted by molar-refractivity contribution is 0.195. The van der Waals surface area contributed by atoms with E-state index in [9.17, 15) is 9.13 Å². The first-order valence-corrected chi connectivity index (χ1v) is 14.8. The molecule has 11 heteroatoms. The molecule has 0 aromatic heterocycles. The number of hydrogen-bond acceptors (Lipinski definition) is 9. The lowest BCUT2D eigenvalue weighted by Crippen LogP contribution is -2.29. The Balaban J connectivity index is 2.67. The quantitative estimate of drug-likeness (QED) is 0.243. The second-order valence-electron chi connectivity index (χ2n) is 7.27. The first-order valence-electron chi connectivity index (χ1n) is 11.6. The van der Waals surface area contributed by atoms with Crippen LogP contribution < -0.4 is 14.8 Å². The van der Waals surface area contributed by atoms with Crippen LogP contribution in [0, 0.1) is 0 Å². The molecule has 2 aromatic rings. The molecule has 2 aromatic carbocycles. The van der Waals surface area contributed by atoms with E-state index in [1.54, 1.807) is 90.4 Å². The van der Waals surface area contributed by atoms with Gasteiger partial charge in [-0.1, -0.05) is 24.3 Å². The van der Waals surface area contributed by atoms with Crippen molar-refractivity contribution >= 4 is 15.2 Å². The Morgan fingerprint density at radius 1 is 0.600 bits per heavy atom. The van der Waals surface area contributed by atoms with Crippen molar-refractivity contribution in [2.45, 2.75) is 39.3 Å². The van der Waals surface area contributed by atoms with Crippen LogP contribution in [0.1, 0.15) is 50.4 Å². The van der Waals surface area contributed by atoms with Gasteiger partial charge in [0.1, 0.15) is 23.1 Å². The van der Waals surface area contributed by atoms with Crippen LogP contribution in [0.3, 0.4) is 0 Å². The number of nitrogens with one attached hydrogen (secondary N) is 1. The SMILES string of the molecule is CCOP(=O)(OCC)[C@@H](N[C@@H](c1ccc(OC)cc1)P(=O)(OCC)OCC)c1ccc(OC)cc1. The lowest BCUT2D eigenvalue weighted by Gasteiger charge is -2.34. The van der Waals surface area contributed by atoms with Crippen molar-refractivity contribution in [2.75, 3.05) is 40.6 Å². The zero-order chi connectivity index (χ0) is 25.9. The Labute approximate surface area is 208 Å². The second kappa shape index (κ2) is 14.1. The van der Waals surface area contributed by atoms with E-state index in [2.05, 4.69) is 5.32 Å². The van der Waals surface area contributed by atoms with Crippen molar-refractivity contribution in [3.63, 3.8) is 0 Å². The van der Waals surface area contributed by atoms with Gasteiger partial charge >= 0.3 is 15.2 Å². The van der Waals surface area contributed by atoms with Crippen molar-refractivity contribution in [1.29, 1.82) is 0 Å². The molecule has 0 radical (unpaired) electrons. The molecule has 0 bridgehead atoms. The van der Waals surface area contributed by atoms with Crippen molar-refractivity contribution < 1.29 is 36.7 Å². The third-order valence-electron chi connectivity index (χ3n) is 5.05. The predicted molar refractivity (Wildman–Crippen MR) is 136 cm³/mol. The molecular weight excluding hydrogens is 492 g/mol. The van der Waals surface area contributed by atoms with Gasteiger partial charge in [-0.2, -0.15) is 0 Å². The Kier molecular flexibility index (Phi) is 11.9. The molecule has 196 valence electrons. The molecule has 0 saturated heterocycles. The zero-order valence-corrected chi connectivity index (χ0v) is 23.1.